The molecule has 1 amide bonds. The van der Waals surface area contributed by atoms with E-state index >= 15 is 0 Å². The standard InChI is InChI=1S/C15H13F2NO3/c1-9-6-7-10(12(19)8-9)14(20)18-11-4-2-3-5-13(11)21-15(16)17/h2-8,15,19H,1H3,(H,18,20). The van der Waals surface area contributed by atoms with Crippen LogP contribution in [0.25, 0.3) is 0 Å². The van der Waals surface area contributed by atoms with Gasteiger partial charge in [-0.15, -0.1) is 0 Å². The van der Waals surface area contributed by atoms with Gasteiger partial charge in [0.25, 0.3) is 5.91 Å². The van der Waals surface area contributed by atoms with Crippen LogP contribution in [0.4, 0.5) is 14.5 Å². The molecule has 0 aliphatic rings. The van der Waals surface area contributed by atoms with Gasteiger partial charge < -0.3 is 15.2 Å². The molecule has 0 aromatic heterocycles. The highest BCUT2D eigenvalue weighted by Crippen LogP contribution is 2.27. The number of carbonyl (C=O) groups excluding carboxylic acids is 1. The van der Waals surface area contributed by atoms with E-state index < -0.39 is 12.5 Å². The number of hydrogen-bond donors (Lipinski definition) is 2. The fourth-order valence-corrected chi connectivity index (χ4v) is 1.79. The van der Waals surface area contributed by atoms with Gasteiger partial charge >= 0.3 is 6.61 Å². The lowest BCUT2D eigenvalue weighted by molar-refractivity contribution is -0.0493. The molecule has 21 heavy (non-hydrogen) atoms. The number of aromatic hydroxyl groups is 1. The van der Waals surface area contributed by atoms with Crippen molar-refractivity contribution in [1.29, 1.82) is 0 Å². The molecule has 0 heterocycles. The number of para-hydroxylation sites is 2. The van der Waals surface area contributed by atoms with Gasteiger partial charge in [-0.05, 0) is 36.8 Å². The van der Waals surface area contributed by atoms with Gasteiger partial charge in [-0.25, -0.2) is 0 Å². The number of anilines is 1. The van der Waals surface area contributed by atoms with Crippen molar-refractivity contribution in [3.63, 3.8) is 0 Å². The van der Waals surface area contributed by atoms with Gasteiger partial charge in [0, 0.05) is 0 Å². The summed E-state index contributed by atoms with van der Waals surface area (Å²) in [4.78, 5) is 12.1. The lowest BCUT2D eigenvalue weighted by atomic mass is 10.1. The molecule has 0 aliphatic carbocycles. The van der Waals surface area contributed by atoms with Crippen LogP contribution in [0.2, 0.25) is 0 Å². The van der Waals surface area contributed by atoms with E-state index in [4.69, 9.17) is 0 Å². The van der Waals surface area contributed by atoms with Crippen molar-refractivity contribution < 1.29 is 23.4 Å². The summed E-state index contributed by atoms with van der Waals surface area (Å²) in [5.74, 6) is -0.940. The fraction of sp³-hybridized carbons (Fsp3) is 0.133. The van der Waals surface area contributed by atoms with E-state index in [1.54, 1.807) is 19.1 Å². The molecule has 0 atom stereocenters. The molecule has 0 saturated heterocycles. The normalized spacial score (nSPS) is 10.5. The molecule has 0 bridgehead atoms. The number of alkyl halides is 2. The molecule has 2 N–H and O–H groups in total. The van der Waals surface area contributed by atoms with Crippen LogP contribution in [0.3, 0.4) is 0 Å². The third kappa shape index (κ3) is 3.68. The van der Waals surface area contributed by atoms with E-state index in [0.29, 0.717) is 0 Å². The Labute approximate surface area is 120 Å². The van der Waals surface area contributed by atoms with Crippen LogP contribution >= 0.6 is 0 Å². The molecule has 0 fully saturated rings. The summed E-state index contributed by atoms with van der Waals surface area (Å²) in [6, 6.07) is 10.4. The van der Waals surface area contributed by atoms with E-state index in [9.17, 15) is 18.7 Å². The zero-order chi connectivity index (χ0) is 15.4. The number of rotatable bonds is 4. The number of phenolic OH excluding ortho intramolecular Hbond substituents is 1. The number of aryl methyl sites for hydroxylation is 1. The number of amides is 1. The fourth-order valence-electron chi connectivity index (χ4n) is 1.79. The summed E-state index contributed by atoms with van der Waals surface area (Å²) in [6.45, 7) is -1.22. The van der Waals surface area contributed by atoms with Crippen LogP contribution in [0.15, 0.2) is 42.5 Å². The molecule has 0 spiro atoms. The third-order valence-electron chi connectivity index (χ3n) is 2.75. The topological polar surface area (TPSA) is 58.6 Å². The van der Waals surface area contributed by atoms with E-state index in [1.807, 2.05) is 0 Å². The molecule has 110 valence electrons. The minimum absolute atomic E-state index is 0.0486. The van der Waals surface area contributed by atoms with Crippen LogP contribution in [0.1, 0.15) is 15.9 Å². The monoisotopic (exact) mass is 293 g/mol. The van der Waals surface area contributed by atoms with Crippen molar-refractivity contribution in [3.8, 4) is 11.5 Å². The Kier molecular flexibility index (Phi) is 4.37. The maximum atomic E-state index is 12.3. The van der Waals surface area contributed by atoms with Gasteiger partial charge in [-0.2, -0.15) is 8.78 Å². The second kappa shape index (κ2) is 6.21. The molecule has 2 rings (SSSR count). The Hall–Kier alpha value is -2.63. The second-order valence-electron chi connectivity index (χ2n) is 4.35. The van der Waals surface area contributed by atoms with E-state index in [2.05, 4.69) is 10.1 Å². The first kappa shape index (κ1) is 14.8. The summed E-state index contributed by atoms with van der Waals surface area (Å²) < 4.78 is 28.9. The van der Waals surface area contributed by atoms with Gasteiger partial charge in [0.2, 0.25) is 0 Å². The maximum Gasteiger partial charge on any atom is 0.387 e. The minimum Gasteiger partial charge on any atom is -0.507 e. The van der Waals surface area contributed by atoms with Crippen LogP contribution in [-0.4, -0.2) is 17.6 Å². The Morgan fingerprint density at radius 3 is 2.62 bits per heavy atom. The summed E-state index contributed by atoms with van der Waals surface area (Å²) >= 11 is 0. The molecular weight excluding hydrogens is 280 g/mol. The predicted molar refractivity (Wildman–Crippen MR) is 73.9 cm³/mol. The average molecular weight is 293 g/mol. The maximum absolute atomic E-state index is 12.3. The molecule has 0 unspecified atom stereocenters. The Balaban J connectivity index is 2.23. The van der Waals surface area contributed by atoms with Gasteiger partial charge in [0.15, 0.2) is 0 Å². The first-order valence-corrected chi connectivity index (χ1v) is 6.12. The third-order valence-corrected chi connectivity index (χ3v) is 2.75. The smallest absolute Gasteiger partial charge is 0.387 e. The number of carbonyl (C=O) groups is 1. The number of nitrogens with one attached hydrogen (secondary N) is 1. The van der Waals surface area contributed by atoms with Crippen molar-refractivity contribution in [2.75, 3.05) is 5.32 Å². The molecule has 4 nitrogen and oxygen atoms in total. The van der Waals surface area contributed by atoms with E-state index in [-0.39, 0.29) is 22.7 Å². The van der Waals surface area contributed by atoms with Crippen LogP contribution in [0.5, 0.6) is 11.5 Å². The number of benzene rings is 2. The van der Waals surface area contributed by atoms with Crippen molar-refractivity contribution in [2.45, 2.75) is 13.5 Å². The van der Waals surface area contributed by atoms with Crippen LogP contribution in [0, 0.1) is 6.92 Å². The highest BCUT2D eigenvalue weighted by molar-refractivity contribution is 6.06. The molecular formula is C15H13F2NO3. The van der Waals surface area contributed by atoms with Crippen molar-refractivity contribution >= 4 is 11.6 Å². The number of phenols is 1. The zero-order valence-electron chi connectivity index (χ0n) is 11.1. The van der Waals surface area contributed by atoms with Gasteiger partial charge in [0.1, 0.15) is 11.5 Å². The summed E-state index contributed by atoms with van der Waals surface area (Å²) in [7, 11) is 0. The Morgan fingerprint density at radius 2 is 1.95 bits per heavy atom. The Morgan fingerprint density at radius 1 is 1.24 bits per heavy atom. The van der Waals surface area contributed by atoms with Gasteiger partial charge in [0.05, 0.1) is 11.3 Å². The molecule has 0 aliphatic heterocycles. The molecule has 2 aromatic carbocycles. The second-order valence-corrected chi connectivity index (χ2v) is 4.35. The lowest BCUT2D eigenvalue weighted by Gasteiger charge is -2.12. The molecule has 6 heteroatoms. The van der Waals surface area contributed by atoms with Crippen LogP contribution < -0.4 is 10.1 Å². The number of ether oxygens (including phenoxy) is 1. The first-order valence-electron chi connectivity index (χ1n) is 6.12. The highest BCUT2D eigenvalue weighted by atomic mass is 19.3. The summed E-state index contributed by atoms with van der Waals surface area (Å²) in [5, 5.41) is 12.2. The average Bonchev–Trinajstić information content (AvgIpc) is 2.40. The van der Waals surface area contributed by atoms with Gasteiger partial charge in [-0.3, -0.25) is 4.79 Å². The molecule has 2 aromatic rings. The van der Waals surface area contributed by atoms with Crippen LogP contribution in [-0.2, 0) is 0 Å². The summed E-state index contributed by atoms with van der Waals surface area (Å²) in [6.07, 6.45) is 0. The summed E-state index contributed by atoms with van der Waals surface area (Å²) in [5.41, 5.74) is 0.945. The van der Waals surface area contributed by atoms with E-state index in [1.165, 1.54) is 30.3 Å². The number of hydrogen-bond acceptors (Lipinski definition) is 3. The van der Waals surface area contributed by atoms with Gasteiger partial charge in [-0.1, -0.05) is 18.2 Å². The Bertz CT molecular complexity index is 659. The molecule has 0 radical (unpaired) electrons. The first-order chi connectivity index (χ1) is 9.97. The molecule has 0 saturated carbocycles. The van der Waals surface area contributed by atoms with Crippen molar-refractivity contribution in [2.24, 2.45) is 0 Å². The highest BCUT2D eigenvalue weighted by Gasteiger charge is 2.15. The zero-order valence-corrected chi connectivity index (χ0v) is 11.1. The number of halogens is 2. The van der Waals surface area contributed by atoms with Crippen molar-refractivity contribution in [1.82, 2.24) is 0 Å². The predicted octanol–water partition coefficient (Wildman–Crippen LogP) is 3.55. The lowest BCUT2D eigenvalue weighted by Crippen LogP contribution is -2.14. The van der Waals surface area contributed by atoms with E-state index in [0.717, 1.165) is 5.56 Å². The SMILES string of the molecule is Cc1ccc(C(=O)Nc2ccccc2OC(F)F)c(O)c1. The largest absolute Gasteiger partial charge is 0.507 e. The quantitative estimate of drug-likeness (QED) is 0.906. The minimum atomic E-state index is -2.99. The van der Waals surface area contributed by atoms with Crippen molar-refractivity contribution in [3.05, 3.63) is 53.6 Å².